The number of aryl methyl sites for hydroxylation is 1. The van der Waals surface area contributed by atoms with Crippen molar-refractivity contribution in [3.63, 3.8) is 0 Å². The number of benzene rings is 1. The fourth-order valence-electron chi connectivity index (χ4n) is 1.78. The fraction of sp³-hybridized carbons (Fsp3) is 0.500. The average molecular weight is 254 g/mol. The monoisotopic (exact) mass is 253 g/mol. The quantitative estimate of drug-likeness (QED) is 0.842. The van der Waals surface area contributed by atoms with Gasteiger partial charge in [-0.15, -0.1) is 0 Å². The van der Waals surface area contributed by atoms with Crippen LogP contribution in [0.4, 0.5) is 5.69 Å². The Morgan fingerprint density at radius 2 is 2.14 bits per heavy atom. The van der Waals surface area contributed by atoms with Gasteiger partial charge in [0.25, 0.3) is 0 Å². The molecule has 2 heteroatoms. The van der Waals surface area contributed by atoms with Gasteiger partial charge in [0.1, 0.15) is 0 Å². The van der Waals surface area contributed by atoms with E-state index in [9.17, 15) is 0 Å². The van der Waals surface area contributed by atoms with E-state index in [0.29, 0.717) is 6.04 Å². The molecule has 0 bridgehead atoms. The summed E-state index contributed by atoms with van der Waals surface area (Å²) in [5.41, 5.74) is 2.52. The lowest BCUT2D eigenvalue weighted by Crippen LogP contribution is -2.36. The minimum absolute atomic E-state index is 0.685. The standard InChI is InChI=1S/C12H16BrN/c1-8-3-5-10(7-11(8)13)14-12-6-4-9(12)2/h3,5,7,9,12,14H,4,6H2,1-2H3. The highest BCUT2D eigenvalue weighted by Gasteiger charge is 2.26. The minimum Gasteiger partial charge on any atom is -0.382 e. The van der Waals surface area contributed by atoms with Crippen molar-refractivity contribution in [2.75, 3.05) is 5.32 Å². The van der Waals surface area contributed by atoms with Crippen LogP contribution in [0.15, 0.2) is 22.7 Å². The Bertz CT molecular complexity index is 335. The van der Waals surface area contributed by atoms with E-state index >= 15 is 0 Å². The smallest absolute Gasteiger partial charge is 0.0353 e. The van der Waals surface area contributed by atoms with E-state index in [1.54, 1.807) is 0 Å². The predicted octanol–water partition coefficient (Wildman–Crippen LogP) is 3.97. The zero-order valence-corrected chi connectivity index (χ0v) is 10.3. The van der Waals surface area contributed by atoms with Crippen LogP contribution < -0.4 is 5.32 Å². The van der Waals surface area contributed by atoms with E-state index < -0.39 is 0 Å². The third-order valence-corrected chi connectivity index (χ3v) is 4.00. The van der Waals surface area contributed by atoms with E-state index in [1.807, 2.05) is 0 Å². The summed E-state index contributed by atoms with van der Waals surface area (Å²) < 4.78 is 1.19. The Labute approximate surface area is 94.0 Å². The third-order valence-electron chi connectivity index (χ3n) is 3.14. The summed E-state index contributed by atoms with van der Waals surface area (Å²) in [7, 11) is 0. The minimum atomic E-state index is 0.685. The second-order valence-electron chi connectivity index (χ2n) is 4.27. The van der Waals surface area contributed by atoms with Crippen LogP contribution in [-0.2, 0) is 0 Å². The molecule has 1 aromatic carbocycles. The lowest BCUT2D eigenvalue weighted by atomic mass is 9.81. The van der Waals surface area contributed by atoms with Gasteiger partial charge in [-0.2, -0.15) is 0 Å². The van der Waals surface area contributed by atoms with Crippen molar-refractivity contribution >= 4 is 21.6 Å². The first-order valence-corrected chi connectivity index (χ1v) is 5.99. The molecule has 0 aromatic heterocycles. The summed E-state index contributed by atoms with van der Waals surface area (Å²) in [6.07, 6.45) is 2.68. The number of nitrogens with one attached hydrogen (secondary N) is 1. The lowest BCUT2D eigenvalue weighted by molar-refractivity contribution is 0.303. The summed E-state index contributed by atoms with van der Waals surface area (Å²) in [6.45, 7) is 4.42. The third kappa shape index (κ3) is 1.95. The van der Waals surface area contributed by atoms with Gasteiger partial charge in [-0.1, -0.05) is 28.9 Å². The number of rotatable bonds is 2. The van der Waals surface area contributed by atoms with Gasteiger partial charge >= 0.3 is 0 Å². The van der Waals surface area contributed by atoms with Gasteiger partial charge in [-0.3, -0.25) is 0 Å². The van der Waals surface area contributed by atoms with Crippen molar-refractivity contribution in [3.8, 4) is 0 Å². The molecule has 1 N–H and O–H groups in total. The molecule has 2 rings (SSSR count). The summed E-state index contributed by atoms with van der Waals surface area (Å²) in [5.74, 6) is 0.829. The Morgan fingerprint density at radius 3 is 2.64 bits per heavy atom. The van der Waals surface area contributed by atoms with Crippen LogP contribution in [0.1, 0.15) is 25.3 Å². The van der Waals surface area contributed by atoms with Gasteiger partial charge in [0.05, 0.1) is 0 Å². The molecule has 2 atom stereocenters. The van der Waals surface area contributed by atoms with E-state index in [4.69, 9.17) is 0 Å². The summed E-state index contributed by atoms with van der Waals surface area (Å²) >= 11 is 3.55. The van der Waals surface area contributed by atoms with Crippen LogP contribution in [-0.4, -0.2) is 6.04 Å². The normalized spacial score (nSPS) is 25.6. The van der Waals surface area contributed by atoms with Gasteiger partial charge in [0.2, 0.25) is 0 Å². The molecular weight excluding hydrogens is 238 g/mol. The van der Waals surface area contributed by atoms with Gasteiger partial charge in [-0.05, 0) is 43.4 Å². The van der Waals surface area contributed by atoms with Gasteiger partial charge in [0.15, 0.2) is 0 Å². The molecule has 14 heavy (non-hydrogen) atoms. The molecule has 0 radical (unpaired) electrons. The number of hydrogen-bond acceptors (Lipinski definition) is 1. The van der Waals surface area contributed by atoms with Crippen molar-refractivity contribution in [1.82, 2.24) is 0 Å². The fourth-order valence-corrected chi connectivity index (χ4v) is 2.16. The SMILES string of the molecule is Cc1ccc(NC2CCC2C)cc1Br. The van der Waals surface area contributed by atoms with Gasteiger partial charge < -0.3 is 5.32 Å². The van der Waals surface area contributed by atoms with Crippen LogP contribution in [0, 0.1) is 12.8 Å². The molecule has 1 aliphatic carbocycles. The number of anilines is 1. The van der Waals surface area contributed by atoms with E-state index in [2.05, 4.69) is 53.3 Å². The zero-order chi connectivity index (χ0) is 10.1. The molecule has 1 aliphatic rings. The predicted molar refractivity (Wildman–Crippen MR) is 64.7 cm³/mol. The molecule has 0 saturated heterocycles. The maximum atomic E-state index is 3.57. The molecule has 2 unspecified atom stereocenters. The van der Waals surface area contributed by atoms with E-state index in [1.165, 1.54) is 28.6 Å². The highest BCUT2D eigenvalue weighted by molar-refractivity contribution is 9.10. The Hall–Kier alpha value is -0.500. The first-order valence-electron chi connectivity index (χ1n) is 5.19. The van der Waals surface area contributed by atoms with Crippen molar-refractivity contribution < 1.29 is 0 Å². The molecule has 76 valence electrons. The van der Waals surface area contributed by atoms with E-state index in [0.717, 1.165) is 5.92 Å². The second-order valence-corrected chi connectivity index (χ2v) is 5.12. The van der Waals surface area contributed by atoms with Gasteiger partial charge in [-0.25, -0.2) is 0 Å². The summed E-state index contributed by atoms with van der Waals surface area (Å²) in [5, 5.41) is 3.57. The molecule has 1 nitrogen and oxygen atoms in total. The van der Waals surface area contributed by atoms with Crippen molar-refractivity contribution in [3.05, 3.63) is 28.2 Å². The summed E-state index contributed by atoms with van der Waals surface area (Å²) in [6, 6.07) is 7.16. The topological polar surface area (TPSA) is 12.0 Å². The molecular formula is C12H16BrN. The first-order chi connectivity index (χ1) is 6.66. The first kappa shape index (κ1) is 10.0. The second kappa shape index (κ2) is 3.93. The van der Waals surface area contributed by atoms with Crippen LogP contribution in [0.2, 0.25) is 0 Å². The van der Waals surface area contributed by atoms with Crippen molar-refractivity contribution in [2.45, 2.75) is 32.7 Å². The molecule has 1 fully saturated rings. The number of hydrogen-bond donors (Lipinski definition) is 1. The molecule has 0 heterocycles. The zero-order valence-electron chi connectivity index (χ0n) is 8.68. The van der Waals surface area contributed by atoms with Crippen molar-refractivity contribution in [1.29, 1.82) is 0 Å². The molecule has 0 aliphatic heterocycles. The highest BCUT2D eigenvalue weighted by Crippen LogP contribution is 2.30. The van der Waals surface area contributed by atoms with Crippen LogP contribution in [0.3, 0.4) is 0 Å². The maximum absolute atomic E-state index is 3.57. The molecule has 0 amide bonds. The molecule has 1 aromatic rings. The average Bonchev–Trinajstić information content (AvgIpc) is 2.17. The van der Waals surface area contributed by atoms with Crippen LogP contribution in [0.5, 0.6) is 0 Å². The van der Waals surface area contributed by atoms with Crippen molar-refractivity contribution in [2.24, 2.45) is 5.92 Å². The maximum Gasteiger partial charge on any atom is 0.0353 e. The van der Waals surface area contributed by atoms with Gasteiger partial charge in [0, 0.05) is 16.2 Å². The largest absolute Gasteiger partial charge is 0.382 e. The Kier molecular flexibility index (Phi) is 2.82. The molecule has 0 spiro atoms. The number of halogens is 1. The van der Waals surface area contributed by atoms with Crippen LogP contribution >= 0.6 is 15.9 Å². The summed E-state index contributed by atoms with van der Waals surface area (Å²) in [4.78, 5) is 0. The van der Waals surface area contributed by atoms with Crippen LogP contribution in [0.25, 0.3) is 0 Å². The molecule has 1 saturated carbocycles. The van der Waals surface area contributed by atoms with E-state index in [-0.39, 0.29) is 0 Å². The Morgan fingerprint density at radius 1 is 1.36 bits per heavy atom. The highest BCUT2D eigenvalue weighted by atomic mass is 79.9. The lowest BCUT2D eigenvalue weighted by Gasteiger charge is -2.35. The Balaban J connectivity index is 2.06.